The predicted octanol–water partition coefficient (Wildman–Crippen LogP) is 1.30. The molecule has 0 atom stereocenters. The monoisotopic (exact) mass is 286 g/mol. The van der Waals surface area contributed by atoms with Gasteiger partial charge >= 0.3 is 0 Å². The highest BCUT2D eigenvalue weighted by Gasteiger charge is 2.31. The molecule has 0 bridgehead atoms. The first-order chi connectivity index (χ1) is 10.2. The third-order valence-corrected chi connectivity index (χ3v) is 3.96. The summed E-state index contributed by atoms with van der Waals surface area (Å²) >= 11 is 0. The zero-order valence-electron chi connectivity index (χ0n) is 11.7. The van der Waals surface area contributed by atoms with Crippen LogP contribution in [0.3, 0.4) is 0 Å². The summed E-state index contributed by atoms with van der Waals surface area (Å²) in [6.07, 6.45) is 6.79. The van der Waals surface area contributed by atoms with Gasteiger partial charge in [0.25, 0.3) is 5.91 Å². The van der Waals surface area contributed by atoms with E-state index in [1.807, 2.05) is 12.1 Å². The lowest BCUT2D eigenvalue weighted by molar-refractivity contribution is 0.0449. The number of benzene rings is 1. The van der Waals surface area contributed by atoms with E-state index in [1.165, 1.54) is 0 Å². The van der Waals surface area contributed by atoms with Crippen LogP contribution in [0.4, 0.5) is 0 Å². The molecule has 2 aromatic rings. The van der Waals surface area contributed by atoms with Crippen LogP contribution in [0.25, 0.3) is 5.69 Å². The number of carbonyl (C=O) groups is 1. The van der Waals surface area contributed by atoms with Gasteiger partial charge in [0.05, 0.1) is 5.60 Å². The summed E-state index contributed by atoms with van der Waals surface area (Å²) in [5.74, 6) is -0.161. The van der Waals surface area contributed by atoms with Crippen LogP contribution in [0.5, 0.6) is 0 Å². The molecule has 21 heavy (non-hydrogen) atoms. The van der Waals surface area contributed by atoms with E-state index in [9.17, 15) is 9.90 Å². The summed E-state index contributed by atoms with van der Waals surface area (Å²) in [5, 5.41) is 20.5. The number of hydrogen-bond donors (Lipinski definition) is 2. The van der Waals surface area contributed by atoms with Gasteiger partial charge in [0.15, 0.2) is 0 Å². The predicted molar refractivity (Wildman–Crippen MR) is 77.1 cm³/mol. The van der Waals surface area contributed by atoms with Gasteiger partial charge in [-0.05, 0) is 37.1 Å². The number of carbonyl (C=O) groups excluding carboxylic acids is 1. The van der Waals surface area contributed by atoms with Crippen LogP contribution in [0.1, 0.15) is 36.0 Å². The molecular weight excluding hydrogens is 268 g/mol. The van der Waals surface area contributed by atoms with Crippen LogP contribution < -0.4 is 5.32 Å². The first kappa shape index (κ1) is 13.8. The van der Waals surface area contributed by atoms with Crippen molar-refractivity contribution in [2.45, 2.75) is 31.3 Å². The van der Waals surface area contributed by atoms with Gasteiger partial charge in [-0.1, -0.05) is 12.8 Å². The summed E-state index contributed by atoms with van der Waals surface area (Å²) in [7, 11) is 0. The SMILES string of the molecule is O=C(NCC1(O)CCCC1)c1ccc(-n2cnnc2)cc1. The molecule has 6 nitrogen and oxygen atoms in total. The van der Waals surface area contributed by atoms with Crippen molar-refractivity contribution in [3.63, 3.8) is 0 Å². The molecule has 1 fully saturated rings. The van der Waals surface area contributed by atoms with Crippen molar-refractivity contribution in [3.05, 3.63) is 42.5 Å². The largest absolute Gasteiger partial charge is 0.388 e. The number of rotatable bonds is 4. The minimum atomic E-state index is -0.724. The molecule has 1 aromatic carbocycles. The van der Waals surface area contributed by atoms with Gasteiger partial charge in [0.2, 0.25) is 0 Å². The van der Waals surface area contributed by atoms with Crippen molar-refractivity contribution in [1.29, 1.82) is 0 Å². The summed E-state index contributed by atoms with van der Waals surface area (Å²) in [5.41, 5.74) is 0.748. The van der Waals surface area contributed by atoms with Crippen molar-refractivity contribution >= 4 is 5.91 Å². The topological polar surface area (TPSA) is 80.0 Å². The maximum absolute atomic E-state index is 12.1. The molecule has 1 heterocycles. The molecule has 6 heteroatoms. The molecule has 0 spiro atoms. The van der Waals surface area contributed by atoms with E-state index in [0.717, 1.165) is 31.4 Å². The molecule has 1 amide bonds. The van der Waals surface area contributed by atoms with Crippen molar-refractivity contribution in [1.82, 2.24) is 20.1 Å². The van der Waals surface area contributed by atoms with E-state index in [4.69, 9.17) is 0 Å². The van der Waals surface area contributed by atoms with Crippen LogP contribution >= 0.6 is 0 Å². The summed E-state index contributed by atoms with van der Waals surface area (Å²) in [6, 6.07) is 7.18. The summed E-state index contributed by atoms with van der Waals surface area (Å²) in [4.78, 5) is 12.1. The zero-order chi connectivity index (χ0) is 14.7. The second-order valence-electron chi connectivity index (χ2n) is 5.53. The molecule has 0 aliphatic heterocycles. The van der Waals surface area contributed by atoms with E-state index in [0.29, 0.717) is 12.1 Å². The average molecular weight is 286 g/mol. The molecule has 0 unspecified atom stereocenters. The van der Waals surface area contributed by atoms with E-state index >= 15 is 0 Å². The minimum absolute atomic E-state index is 0.161. The molecule has 1 aromatic heterocycles. The first-order valence-corrected chi connectivity index (χ1v) is 7.12. The zero-order valence-corrected chi connectivity index (χ0v) is 11.7. The third-order valence-electron chi connectivity index (χ3n) is 3.96. The van der Waals surface area contributed by atoms with Gasteiger partial charge in [0.1, 0.15) is 12.7 Å². The Morgan fingerprint density at radius 3 is 2.43 bits per heavy atom. The number of hydrogen-bond acceptors (Lipinski definition) is 4. The number of nitrogens with zero attached hydrogens (tertiary/aromatic N) is 3. The Bertz CT molecular complexity index is 601. The van der Waals surface area contributed by atoms with Gasteiger partial charge in [-0.3, -0.25) is 9.36 Å². The fraction of sp³-hybridized carbons (Fsp3) is 0.400. The Morgan fingerprint density at radius 2 is 1.81 bits per heavy atom. The fourth-order valence-corrected chi connectivity index (χ4v) is 2.68. The van der Waals surface area contributed by atoms with Gasteiger partial charge < -0.3 is 10.4 Å². The van der Waals surface area contributed by atoms with E-state index in [-0.39, 0.29) is 5.91 Å². The Kier molecular flexibility index (Phi) is 3.70. The van der Waals surface area contributed by atoms with Crippen LogP contribution in [0.15, 0.2) is 36.9 Å². The van der Waals surface area contributed by atoms with Crippen molar-refractivity contribution in [2.24, 2.45) is 0 Å². The Morgan fingerprint density at radius 1 is 1.19 bits per heavy atom. The highest BCUT2D eigenvalue weighted by molar-refractivity contribution is 5.94. The van der Waals surface area contributed by atoms with Gasteiger partial charge in [-0.2, -0.15) is 0 Å². The molecular formula is C15H18N4O2. The number of nitrogens with one attached hydrogen (secondary N) is 1. The van der Waals surface area contributed by atoms with Crippen LogP contribution in [-0.4, -0.2) is 37.9 Å². The molecule has 1 aliphatic carbocycles. The molecule has 1 saturated carbocycles. The Hall–Kier alpha value is -2.21. The fourth-order valence-electron chi connectivity index (χ4n) is 2.68. The van der Waals surface area contributed by atoms with E-state index in [2.05, 4.69) is 15.5 Å². The molecule has 110 valence electrons. The maximum atomic E-state index is 12.1. The summed E-state index contributed by atoms with van der Waals surface area (Å²) < 4.78 is 1.77. The molecule has 2 N–H and O–H groups in total. The number of amides is 1. The van der Waals surface area contributed by atoms with Gasteiger partial charge in [-0.15, -0.1) is 10.2 Å². The summed E-state index contributed by atoms with van der Waals surface area (Å²) in [6.45, 7) is 0.318. The highest BCUT2D eigenvalue weighted by atomic mass is 16.3. The van der Waals surface area contributed by atoms with E-state index in [1.54, 1.807) is 29.4 Å². The lowest BCUT2D eigenvalue weighted by Crippen LogP contribution is -2.40. The molecule has 3 rings (SSSR count). The minimum Gasteiger partial charge on any atom is -0.388 e. The third kappa shape index (κ3) is 3.11. The van der Waals surface area contributed by atoms with Gasteiger partial charge in [0, 0.05) is 17.8 Å². The molecule has 1 aliphatic rings. The second-order valence-corrected chi connectivity index (χ2v) is 5.53. The van der Waals surface area contributed by atoms with Crippen LogP contribution in [0.2, 0.25) is 0 Å². The second kappa shape index (κ2) is 5.65. The maximum Gasteiger partial charge on any atom is 0.251 e. The van der Waals surface area contributed by atoms with Crippen LogP contribution in [-0.2, 0) is 0 Å². The standard InChI is InChI=1S/C15H18N4O2/c20-14(16-9-15(21)7-1-2-8-15)12-3-5-13(6-4-12)19-10-17-18-11-19/h3-6,10-11,21H,1-2,7-9H2,(H,16,20). The van der Waals surface area contributed by atoms with Crippen molar-refractivity contribution < 1.29 is 9.90 Å². The number of aromatic nitrogens is 3. The highest BCUT2D eigenvalue weighted by Crippen LogP contribution is 2.28. The van der Waals surface area contributed by atoms with Crippen LogP contribution in [0, 0.1) is 0 Å². The lowest BCUT2D eigenvalue weighted by Gasteiger charge is -2.22. The first-order valence-electron chi connectivity index (χ1n) is 7.12. The Balaban J connectivity index is 1.62. The molecule has 0 radical (unpaired) electrons. The van der Waals surface area contributed by atoms with Crippen molar-refractivity contribution in [3.8, 4) is 5.69 Å². The Labute approximate surface area is 122 Å². The quantitative estimate of drug-likeness (QED) is 0.888. The molecule has 0 saturated heterocycles. The van der Waals surface area contributed by atoms with Gasteiger partial charge in [-0.25, -0.2) is 0 Å². The number of aliphatic hydroxyl groups is 1. The van der Waals surface area contributed by atoms with E-state index < -0.39 is 5.60 Å². The average Bonchev–Trinajstić information content (AvgIpc) is 3.17. The lowest BCUT2D eigenvalue weighted by atomic mass is 10.0. The smallest absolute Gasteiger partial charge is 0.251 e. The normalized spacial score (nSPS) is 16.8. The van der Waals surface area contributed by atoms with Crippen molar-refractivity contribution in [2.75, 3.05) is 6.54 Å².